The van der Waals surface area contributed by atoms with Gasteiger partial charge in [-0.2, -0.15) is 0 Å². The number of benzene rings is 1. The number of hydrogen-bond donors (Lipinski definition) is 2. The minimum Gasteiger partial charge on any atom is -0.389 e. The summed E-state index contributed by atoms with van der Waals surface area (Å²) < 4.78 is 0. The molecule has 1 saturated carbocycles. The van der Waals surface area contributed by atoms with Crippen molar-refractivity contribution in [2.24, 2.45) is 11.7 Å². The van der Waals surface area contributed by atoms with Crippen molar-refractivity contribution in [3.63, 3.8) is 0 Å². The quantitative estimate of drug-likeness (QED) is 0.802. The van der Waals surface area contributed by atoms with Crippen LogP contribution in [-0.4, -0.2) is 11.0 Å². The van der Waals surface area contributed by atoms with Gasteiger partial charge in [-0.05, 0) is 37.5 Å². The van der Waals surface area contributed by atoms with E-state index >= 15 is 0 Å². The van der Waals surface area contributed by atoms with Crippen molar-refractivity contribution in [1.29, 1.82) is 0 Å². The fourth-order valence-electron chi connectivity index (χ4n) is 2.00. The monoisotopic (exact) mass is 268 g/mol. The van der Waals surface area contributed by atoms with Crippen LogP contribution in [0, 0.1) is 5.92 Å². The molecule has 0 heterocycles. The van der Waals surface area contributed by atoms with Crippen LogP contribution in [0.2, 0.25) is 5.02 Å². The zero-order valence-electron chi connectivity index (χ0n) is 9.87. The lowest BCUT2D eigenvalue weighted by Gasteiger charge is -2.15. The molecule has 1 atom stereocenters. The van der Waals surface area contributed by atoms with Gasteiger partial charge in [0.15, 0.2) is 0 Å². The smallest absolute Gasteiger partial charge is 0.105 e. The molecule has 0 aromatic heterocycles. The molecule has 2 rings (SSSR count). The highest BCUT2D eigenvalue weighted by atomic mass is 35.5. The van der Waals surface area contributed by atoms with Gasteiger partial charge in [0.25, 0.3) is 0 Å². The van der Waals surface area contributed by atoms with E-state index in [2.05, 4.69) is 12.2 Å². The van der Waals surface area contributed by atoms with Crippen LogP contribution in [0.25, 0.3) is 0 Å². The van der Waals surface area contributed by atoms with Crippen LogP contribution in [-0.2, 0) is 0 Å². The highest BCUT2D eigenvalue weighted by molar-refractivity contribution is 7.80. The molecule has 0 amide bonds. The van der Waals surface area contributed by atoms with Crippen molar-refractivity contribution in [2.45, 2.75) is 32.2 Å². The maximum Gasteiger partial charge on any atom is 0.105 e. The van der Waals surface area contributed by atoms with E-state index in [1.165, 1.54) is 19.3 Å². The summed E-state index contributed by atoms with van der Waals surface area (Å²) in [5, 5.41) is 4.06. The predicted octanol–water partition coefficient (Wildman–Crippen LogP) is 3.57. The van der Waals surface area contributed by atoms with Gasteiger partial charge in [0, 0.05) is 17.3 Å². The Morgan fingerprint density at radius 1 is 1.59 bits per heavy atom. The summed E-state index contributed by atoms with van der Waals surface area (Å²) in [6.45, 7) is 2.20. The summed E-state index contributed by atoms with van der Waals surface area (Å²) in [4.78, 5) is 0.340. The molecule has 1 unspecified atom stereocenters. The van der Waals surface area contributed by atoms with Gasteiger partial charge >= 0.3 is 0 Å². The van der Waals surface area contributed by atoms with Gasteiger partial charge in [0.2, 0.25) is 0 Å². The van der Waals surface area contributed by atoms with Crippen LogP contribution in [0.1, 0.15) is 31.7 Å². The predicted molar refractivity (Wildman–Crippen MR) is 77.8 cm³/mol. The van der Waals surface area contributed by atoms with Gasteiger partial charge in [-0.25, -0.2) is 0 Å². The van der Waals surface area contributed by atoms with E-state index in [1.807, 2.05) is 18.2 Å². The molecule has 0 saturated heterocycles. The van der Waals surface area contributed by atoms with E-state index in [0.29, 0.717) is 16.1 Å². The molecule has 1 aromatic carbocycles. The van der Waals surface area contributed by atoms with Crippen molar-refractivity contribution < 1.29 is 0 Å². The van der Waals surface area contributed by atoms with E-state index in [4.69, 9.17) is 29.6 Å². The largest absolute Gasteiger partial charge is 0.389 e. The number of hydrogen-bond acceptors (Lipinski definition) is 2. The molecule has 0 bridgehead atoms. The highest BCUT2D eigenvalue weighted by Crippen LogP contribution is 2.34. The van der Waals surface area contributed by atoms with Crippen LogP contribution in [0.3, 0.4) is 0 Å². The molecule has 1 fully saturated rings. The van der Waals surface area contributed by atoms with Crippen LogP contribution in [0.15, 0.2) is 18.2 Å². The summed E-state index contributed by atoms with van der Waals surface area (Å²) in [7, 11) is 0. The Morgan fingerprint density at radius 3 is 2.82 bits per heavy atom. The molecule has 0 spiro atoms. The number of rotatable bonds is 5. The lowest BCUT2D eigenvalue weighted by Crippen LogP contribution is -2.16. The zero-order valence-corrected chi connectivity index (χ0v) is 11.4. The van der Waals surface area contributed by atoms with Gasteiger partial charge in [-0.3, -0.25) is 0 Å². The second kappa shape index (κ2) is 5.23. The fourth-order valence-corrected chi connectivity index (χ4v) is 2.52. The Hall–Kier alpha value is -0.800. The first-order valence-electron chi connectivity index (χ1n) is 5.92. The summed E-state index contributed by atoms with van der Waals surface area (Å²) in [6.07, 6.45) is 4.00. The third-order valence-electron chi connectivity index (χ3n) is 3.03. The van der Waals surface area contributed by atoms with Crippen LogP contribution >= 0.6 is 23.8 Å². The summed E-state index contributed by atoms with van der Waals surface area (Å²) in [5.74, 6) is 0.920. The third-order valence-corrected chi connectivity index (χ3v) is 3.56. The number of thiocarbonyl (C=S) groups is 1. The molecule has 2 nitrogen and oxygen atoms in total. The molecule has 1 aromatic rings. The number of nitrogens with one attached hydrogen (secondary N) is 1. The molecule has 17 heavy (non-hydrogen) atoms. The normalized spacial score (nSPS) is 16.6. The van der Waals surface area contributed by atoms with Gasteiger partial charge < -0.3 is 11.1 Å². The molecule has 1 aliphatic rings. The van der Waals surface area contributed by atoms with Crippen molar-refractivity contribution in [3.05, 3.63) is 28.8 Å². The van der Waals surface area contributed by atoms with Crippen molar-refractivity contribution in [2.75, 3.05) is 5.32 Å². The number of nitrogens with two attached hydrogens (primary N) is 1. The number of anilines is 1. The van der Waals surface area contributed by atoms with E-state index < -0.39 is 0 Å². The average Bonchev–Trinajstić information content (AvgIpc) is 3.00. The summed E-state index contributed by atoms with van der Waals surface area (Å²) >= 11 is 11.0. The molecule has 3 N–H and O–H groups in total. The highest BCUT2D eigenvalue weighted by Gasteiger charge is 2.23. The Balaban J connectivity index is 2.00. The summed E-state index contributed by atoms with van der Waals surface area (Å²) in [5.41, 5.74) is 7.34. The van der Waals surface area contributed by atoms with Crippen molar-refractivity contribution >= 4 is 34.5 Å². The van der Waals surface area contributed by atoms with E-state index in [9.17, 15) is 0 Å². The van der Waals surface area contributed by atoms with E-state index in [1.54, 1.807) is 0 Å². The van der Waals surface area contributed by atoms with E-state index in [0.717, 1.165) is 17.2 Å². The minimum atomic E-state index is 0.340. The summed E-state index contributed by atoms with van der Waals surface area (Å²) in [6, 6.07) is 6.22. The average molecular weight is 269 g/mol. The van der Waals surface area contributed by atoms with Crippen LogP contribution in [0.4, 0.5) is 5.69 Å². The molecule has 1 aliphatic carbocycles. The molecule has 92 valence electrons. The molecule has 0 radical (unpaired) electrons. The standard InChI is InChI=1S/C13H17ClN2S/c1-8(6-9-2-3-9)16-10-4-5-11(13(15)17)12(14)7-10/h4-5,7-9,16H,2-3,6H2,1H3,(H2,15,17). The fraction of sp³-hybridized carbons (Fsp3) is 0.462. The maximum absolute atomic E-state index is 6.12. The molecular formula is C13H17ClN2S. The Kier molecular flexibility index (Phi) is 3.89. The van der Waals surface area contributed by atoms with Gasteiger partial charge in [-0.1, -0.05) is 36.7 Å². The second-order valence-corrected chi connectivity index (χ2v) is 5.63. The first-order valence-corrected chi connectivity index (χ1v) is 6.71. The Labute approximate surface area is 113 Å². The van der Waals surface area contributed by atoms with Crippen LogP contribution in [0.5, 0.6) is 0 Å². The Bertz CT molecular complexity index is 429. The second-order valence-electron chi connectivity index (χ2n) is 4.78. The third kappa shape index (κ3) is 3.58. The molecule has 0 aliphatic heterocycles. The van der Waals surface area contributed by atoms with Gasteiger partial charge in [-0.15, -0.1) is 0 Å². The molecular weight excluding hydrogens is 252 g/mol. The maximum atomic E-state index is 6.12. The topological polar surface area (TPSA) is 38.0 Å². The van der Waals surface area contributed by atoms with Crippen molar-refractivity contribution in [1.82, 2.24) is 0 Å². The Morgan fingerprint density at radius 2 is 2.29 bits per heavy atom. The van der Waals surface area contributed by atoms with Gasteiger partial charge in [0.05, 0.1) is 5.02 Å². The first kappa shape index (κ1) is 12.7. The van der Waals surface area contributed by atoms with Crippen molar-refractivity contribution in [3.8, 4) is 0 Å². The van der Waals surface area contributed by atoms with Crippen LogP contribution < -0.4 is 11.1 Å². The zero-order chi connectivity index (χ0) is 12.4. The minimum absolute atomic E-state index is 0.340. The molecule has 4 heteroatoms. The lowest BCUT2D eigenvalue weighted by atomic mass is 10.1. The first-order chi connectivity index (χ1) is 8.06. The van der Waals surface area contributed by atoms with Gasteiger partial charge in [0.1, 0.15) is 4.99 Å². The number of halogens is 1. The SMILES string of the molecule is CC(CC1CC1)Nc1ccc(C(N)=S)c(Cl)c1. The van der Waals surface area contributed by atoms with E-state index in [-0.39, 0.29) is 0 Å². The lowest BCUT2D eigenvalue weighted by molar-refractivity contribution is 0.642.